The van der Waals surface area contributed by atoms with Gasteiger partial charge in [-0.1, -0.05) is 30.3 Å². The molecular weight excluding hydrogens is 587 g/mol. The molecule has 1 N–H and O–H groups in total. The topological polar surface area (TPSA) is 107 Å². The van der Waals surface area contributed by atoms with Crippen molar-refractivity contribution >= 4 is 41.9 Å². The average molecular weight is 610 g/mol. The van der Waals surface area contributed by atoms with Crippen LogP contribution in [0.3, 0.4) is 0 Å². The summed E-state index contributed by atoms with van der Waals surface area (Å²) < 4.78 is 4.59. The molecule has 0 aliphatic rings. The van der Waals surface area contributed by atoms with E-state index in [1.807, 2.05) is 0 Å². The summed E-state index contributed by atoms with van der Waals surface area (Å²) in [5, 5.41) is 31.4. The zero-order valence-electron chi connectivity index (χ0n) is 20.2. The summed E-state index contributed by atoms with van der Waals surface area (Å²) in [5.41, 5.74) is -0.607. The molecule has 0 fully saturated rings. The van der Waals surface area contributed by atoms with Crippen LogP contribution in [0, 0.1) is 20.2 Å². The second-order valence-corrected chi connectivity index (χ2v) is 15.3. The Labute approximate surface area is 226 Å². The molecule has 187 valence electrons. The van der Waals surface area contributed by atoms with E-state index in [-0.39, 0.29) is 5.56 Å². The Bertz CT molecular complexity index is 1420. The number of aromatic hydroxyl groups is 1. The standard InChI is InChI=1S/C12H8N2O5.3C6H5.Sn/c15-12-10(8-4-2-1-3-5-8)6-9(13(16)17)7-11(12)14(18)19;3*1-2-4-6-5-3-1;/h1-7,15H;3*1-5H;. The maximum absolute atomic E-state index is 10.8. The predicted molar refractivity (Wildman–Crippen MR) is 151 cm³/mol. The Morgan fingerprint density at radius 2 is 0.947 bits per heavy atom. The Balaban J connectivity index is 0.000000177. The van der Waals surface area contributed by atoms with Crippen LogP contribution < -0.4 is 10.7 Å². The van der Waals surface area contributed by atoms with Gasteiger partial charge in [0.05, 0.1) is 15.9 Å². The van der Waals surface area contributed by atoms with Crippen molar-refractivity contribution in [2.24, 2.45) is 0 Å². The van der Waals surface area contributed by atoms with Crippen LogP contribution in [-0.4, -0.2) is 34.7 Å². The van der Waals surface area contributed by atoms with Crippen molar-refractivity contribution in [3.05, 3.63) is 154 Å². The molecular formula is C30H23N2O5Sn. The number of rotatable bonds is 6. The van der Waals surface area contributed by atoms with E-state index in [1.54, 1.807) is 30.3 Å². The first-order valence-corrected chi connectivity index (χ1v) is 16.0. The summed E-state index contributed by atoms with van der Waals surface area (Å²) >= 11 is -1.98. The molecule has 0 aromatic heterocycles. The van der Waals surface area contributed by atoms with Crippen LogP contribution in [0.1, 0.15) is 0 Å². The molecule has 0 heterocycles. The van der Waals surface area contributed by atoms with E-state index in [9.17, 15) is 25.3 Å². The summed E-state index contributed by atoms with van der Waals surface area (Å²) in [6.45, 7) is 0. The van der Waals surface area contributed by atoms with Gasteiger partial charge in [0.2, 0.25) is 5.75 Å². The van der Waals surface area contributed by atoms with Crippen molar-refractivity contribution in [1.82, 2.24) is 0 Å². The fraction of sp³-hybridized carbons (Fsp3) is 0. The first kappa shape index (κ1) is 26.6. The van der Waals surface area contributed by atoms with E-state index in [1.165, 1.54) is 10.7 Å². The number of nitro benzene ring substituents is 2. The Kier molecular flexibility index (Phi) is 8.84. The van der Waals surface area contributed by atoms with Crippen LogP contribution in [0.2, 0.25) is 0 Å². The normalized spacial score (nSPS) is 10.3. The van der Waals surface area contributed by atoms with E-state index in [0.29, 0.717) is 5.56 Å². The number of benzene rings is 5. The molecule has 5 aromatic rings. The molecule has 0 atom stereocenters. The minimum absolute atomic E-state index is 0.0569. The first-order valence-electron chi connectivity index (χ1n) is 11.7. The van der Waals surface area contributed by atoms with Gasteiger partial charge in [-0.15, -0.1) is 0 Å². The van der Waals surface area contributed by atoms with Gasteiger partial charge in [0.15, 0.2) is 0 Å². The molecule has 5 rings (SSSR count). The summed E-state index contributed by atoms with van der Waals surface area (Å²) in [5.74, 6) is -0.582. The molecule has 0 aliphatic carbocycles. The number of nitro groups is 2. The summed E-state index contributed by atoms with van der Waals surface area (Å²) in [7, 11) is 0. The van der Waals surface area contributed by atoms with Crippen molar-refractivity contribution in [3.63, 3.8) is 0 Å². The number of phenols is 1. The Morgan fingerprint density at radius 3 is 1.32 bits per heavy atom. The molecule has 0 spiro atoms. The van der Waals surface area contributed by atoms with Gasteiger partial charge in [0.1, 0.15) is 0 Å². The molecule has 38 heavy (non-hydrogen) atoms. The third kappa shape index (κ3) is 6.43. The van der Waals surface area contributed by atoms with Gasteiger partial charge in [-0.05, 0) is 5.56 Å². The van der Waals surface area contributed by atoms with E-state index < -0.39 is 46.7 Å². The van der Waals surface area contributed by atoms with Gasteiger partial charge in [0.25, 0.3) is 5.69 Å². The van der Waals surface area contributed by atoms with Crippen LogP contribution in [0.4, 0.5) is 11.4 Å². The van der Waals surface area contributed by atoms with E-state index in [2.05, 4.69) is 91.0 Å². The number of hydrogen-bond acceptors (Lipinski definition) is 5. The van der Waals surface area contributed by atoms with Crippen molar-refractivity contribution < 1.29 is 15.0 Å². The van der Waals surface area contributed by atoms with Crippen LogP contribution >= 0.6 is 0 Å². The predicted octanol–water partition coefficient (Wildman–Crippen LogP) is 5.08. The molecule has 0 saturated carbocycles. The Morgan fingerprint density at radius 1 is 0.553 bits per heavy atom. The van der Waals surface area contributed by atoms with Crippen molar-refractivity contribution in [2.75, 3.05) is 0 Å². The van der Waals surface area contributed by atoms with Gasteiger partial charge < -0.3 is 5.11 Å². The van der Waals surface area contributed by atoms with Gasteiger partial charge in [-0.3, -0.25) is 20.2 Å². The summed E-state index contributed by atoms with van der Waals surface area (Å²) in [6.07, 6.45) is 0. The fourth-order valence-electron chi connectivity index (χ4n) is 4.00. The van der Waals surface area contributed by atoms with E-state index in [4.69, 9.17) is 0 Å². The van der Waals surface area contributed by atoms with Crippen LogP contribution in [0.15, 0.2) is 133 Å². The summed E-state index contributed by atoms with van der Waals surface area (Å²) in [4.78, 5) is 20.0. The van der Waals surface area contributed by atoms with Crippen LogP contribution in [-0.2, 0) is 0 Å². The SMILES string of the molecule is O=[N+]([O-])c1cc(-c2ccccc2)c(O)c([N+](=O)[O-])c1.c1cc[c]([Sn]([c]2ccccc2)[c]2ccccc2)cc1. The van der Waals surface area contributed by atoms with Gasteiger partial charge in [0, 0.05) is 11.6 Å². The van der Waals surface area contributed by atoms with E-state index >= 15 is 0 Å². The van der Waals surface area contributed by atoms with Crippen LogP contribution in [0.25, 0.3) is 11.1 Å². The number of nitrogens with zero attached hydrogens (tertiary/aromatic N) is 2. The molecule has 0 amide bonds. The number of hydrogen-bond donors (Lipinski definition) is 1. The zero-order chi connectivity index (χ0) is 26.9. The molecule has 8 heteroatoms. The summed E-state index contributed by atoms with van der Waals surface area (Å²) in [6, 6.07) is 43.0. The minimum atomic E-state index is -1.98. The maximum atomic E-state index is 10.8. The first-order chi connectivity index (χ1) is 18.5. The molecule has 0 bridgehead atoms. The van der Waals surface area contributed by atoms with Gasteiger partial charge in [-0.2, -0.15) is 0 Å². The van der Waals surface area contributed by atoms with E-state index in [0.717, 1.165) is 12.1 Å². The van der Waals surface area contributed by atoms with Gasteiger partial charge in [-0.25, -0.2) is 0 Å². The third-order valence-electron chi connectivity index (χ3n) is 5.75. The quantitative estimate of drug-likeness (QED) is 0.164. The molecule has 7 nitrogen and oxygen atoms in total. The average Bonchev–Trinajstić information content (AvgIpc) is 2.96. The number of non-ortho nitro benzene ring substituents is 1. The second-order valence-electron chi connectivity index (χ2n) is 8.21. The number of phenolic OH excluding ortho intramolecular Hbond substituents is 1. The monoisotopic (exact) mass is 611 g/mol. The second kappa shape index (κ2) is 12.6. The Hall–Kier alpha value is -4.50. The molecule has 1 radical (unpaired) electrons. The zero-order valence-corrected chi connectivity index (χ0v) is 23.0. The molecule has 5 aromatic carbocycles. The van der Waals surface area contributed by atoms with Crippen molar-refractivity contribution in [3.8, 4) is 16.9 Å². The van der Waals surface area contributed by atoms with Crippen LogP contribution in [0.5, 0.6) is 5.75 Å². The third-order valence-corrected chi connectivity index (χ3v) is 13.6. The molecule has 0 saturated heterocycles. The molecule has 0 unspecified atom stereocenters. The van der Waals surface area contributed by atoms with Crippen molar-refractivity contribution in [1.29, 1.82) is 0 Å². The van der Waals surface area contributed by atoms with Gasteiger partial charge >= 0.3 is 127 Å². The van der Waals surface area contributed by atoms with Crippen molar-refractivity contribution in [2.45, 2.75) is 0 Å². The molecule has 0 aliphatic heterocycles. The fourth-order valence-corrected chi connectivity index (χ4v) is 11.4.